The Morgan fingerprint density at radius 2 is 1.93 bits per heavy atom. The Labute approximate surface area is 94.4 Å². The van der Waals surface area contributed by atoms with E-state index in [0.29, 0.717) is 0 Å². The molecule has 0 spiro atoms. The Hall–Kier alpha value is -0.0800. The highest BCUT2D eigenvalue weighted by molar-refractivity contribution is 4.86. The molecule has 0 radical (unpaired) electrons. The first-order chi connectivity index (χ1) is 7.16. The number of rotatable bonds is 5. The zero-order valence-corrected chi connectivity index (χ0v) is 10.5. The van der Waals surface area contributed by atoms with E-state index in [2.05, 4.69) is 31.0 Å². The molecule has 2 rings (SSSR count). The first-order valence-corrected chi connectivity index (χ1v) is 6.64. The minimum absolute atomic E-state index is 0.760. The molecule has 88 valence electrons. The summed E-state index contributed by atoms with van der Waals surface area (Å²) in [6.45, 7) is 10.9. The summed E-state index contributed by atoms with van der Waals surface area (Å²) in [5.74, 6) is 1.70. The van der Waals surface area contributed by atoms with Gasteiger partial charge >= 0.3 is 0 Å². The Balaban J connectivity index is 1.68. The SMILES string of the molecule is CC(C)C(C)N1CCC(CNC2CC2)C1. The van der Waals surface area contributed by atoms with Crippen LogP contribution in [-0.4, -0.2) is 36.6 Å². The molecule has 15 heavy (non-hydrogen) atoms. The van der Waals surface area contributed by atoms with Crippen molar-refractivity contribution in [3.63, 3.8) is 0 Å². The van der Waals surface area contributed by atoms with Crippen LogP contribution in [0.1, 0.15) is 40.0 Å². The number of nitrogens with zero attached hydrogens (tertiary/aromatic N) is 1. The van der Waals surface area contributed by atoms with Crippen LogP contribution in [-0.2, 0) is 0 Å². The van der Waals surface area contributed by atoms with Crippen LogP contribution in [0.3, 0.4) is 0 Å². The standard InChI is InChI=1S/C13H26N2/c1-10(2)11(3)15-7-6-12(9-15)8-14-13-4-5-13/h10-14H,4-9H2,1-3H3. The van der Waals surface area contributed by atoms with E-state index in [1.54, 1.807) is 0 Å². The van der Waals surface area contributed by atoms with E-state index in [1.807, 2.05) is 0 Å². The van der Waals surface area contributed by atoms with E-state index in [9.17, 15) is 0 Å². The Kier molecular flexibility index (Phi) is 3.68. The zero-order chi connectivity index (χ0) is 10.8. The van der Waals surface area contributed by atoms with Crippen LogP contribution in [0, 0.1) is 11.8 Å². The summed E-state index contributed by atoms with van der Waals surface area (Å²) in [6.07, 6.45) is 4.23. The molecule has 1 aliphatic carbocycles. The lowest BCUT2D eigenvalue weighted by molar-refractivity contribution is 0.200. The van der Waals surface area contributed by atoms with Crippen molar-refractivity contribution in [1.82, 2.24) is 10.2 Å². The largest absolute Gasteiger partial charge is 0.314 e. The lowest BCUT2D eigenvalue weighted by Crippen LogP contribution is -2.36. The molecule has 2 atom stereocenters. The zero-order valence-electron chi connectivity index (χ0n) is 10.5. The maximum Gasteiger partial charge on any atom is 0.00900 e. The fraction of sp³-hybridized carbons (Fsp3) is 1.00. The molecule has 2 aliphatic rings. The molecule has 1 saturated carbocycles. The van der Waals surface area contributed by atoms with Gasteiger partial charge in [0.05, 0.1) is 0 Å². The minimum atomic E-state index is 0.760. The predicted octanol–water partition coefficient (Wildman–Crippen LogP) is 2.10. The van der Waals surface area contributed by atoms with Crippen molar-refractivity contribution >= 4 is 0 Å². The number of nitrogens with one attached hydrogen (secondary N) is 1. The van der Waals surface area contributed by atoms with Gasteiger partial charge in [-0.25, -0.2) is 0 Å². The molecule has 1 N–H and O–H groups in total. The molecule has 2 nitrogen and oxygen atoms in total. The molecule has 1 heterocycles. The quantitative estimate of drug-likeness (QED) is 0.747. The topological polar surface area (TPSA) is 15.3 Å². The van der Waals surface area contributed by atoms with E-state index in [4.69, 9.17) is 0 Å². The van der Waals surface area contributed by atoms with Crippen molar-refractivity contribution in [3.05, 3.63) is 0 Å². The summed E-state index contributed by atoms with van der Waals surface area (Å²) in [4.78, 5) is 2.67. The highest BCUT2D eigenvalue weighted by Crippen LogP contribution is 2.23. The van der Waals surface area contributed by atoms with Gasteiger partial charge in [-0.1, -0.05) is 13.8 Å². The maximum absolute atomic E-state index is 3.66. The monoisotopic (exact) mass is 210 g/mol. The van der Waals surface area contributed by atoms with Crippen molar-refractivity contribution in [3.8, 4) is 0 Å². The molecular weight excluding hydrogens is 184 g/mol. The second-order valence-electron chi connectivity index (χ2n) is 5.82. The molecule has 0 aromatic heterocycles. The van der Waals surface area contributed by atoms with Crippen LogP contribution in [0.4, 0.5) is 0 Å². The Bertz CT molecular complexity index is 199. The Morgan fingerprint density at radius 1 is 1.20 bits per heavy atom. The van der Waals surface area contributed by atoms with Gasteiger partial charge in [0.2, 0.25) is 0 Å². The highest BCUT2D eigenvalue weighted by Gasteiger charge is 2.28. The fourth-order valence-corrected chi connectivity index (χ4v) is 2.44. The van der Waals surface area contributed by atoms with Crippen LogP contribution < -0.4 is 5.32 Å². The van der Waals surface area contributed by atoms with Gasteiger partial charge in [-0.2, -0.15) is 0 Å². The van der Waals surface area contributed by atoms with Crippen molar-refractivity contribution in [2.45, 2.75) is 52.1 Å². The van der Waals surface area contributed by atoms with Gasteiger partial charge in [0.25, 0.3) is 0 Å². The summed E-state index contributed by atoms with van der Waals surface area (Å²) in [5, 5.41) is 3.66. The second-order valence-corrected chi connectivity index (χ2v) is 5.82. The third kappa shape index (κ3) is 3.18. The van der Waals surface area contributed by atoms with Crippen molar-refractivity contribution in [1.29, 1.82) is 0 Å². The van der Waals surface area contributed by atoms with Gasteiger partial charge in [0.1, 0.15) is 0 Å². The van der Waals surface area contributed by atoms with E-state index in [1.165, 1.54) is 38.9 Å². The lowest BCUT2D eigenvalue weighted by Gasteiger charge is -2.27. The number of hydrogen-bond donors (Lipinski definition) is 1. The second kappa shape index (κ2) is 4.84. The molecular formula is C13H26N2. The third-order valence-corrected chi connectivity index (χ3v) is 4.13. The molecule has 0 aromatic carbocycles. The smallest absolute Gasteiger partial charge is 0.00900 e. The van der Waals surface area contributed by atoms with E-state index in [0.717, 1.165) is 23.9 Å². The van der Waals surface area contributed by atoms with Crippen molar-refractivity contribution < 1.29 is 0 Å². The van der Waals surface area contributed by atoms with Gasteiger partial charge in [0.15, 0.2) is 0 Å². The number of hydrogen-bond acceptors (Lipinski definition) is 2. The first-order valence-electron chi connectivity index (χ1n) is 6.64. The highest BCUT2D eigenvalue weighted by atomic mass is 15.2. The maximum atomic E-state index is 3.66. The molecule has 2 fully saturated rings. The van der Waals surface area contributed by atoms with E-state index < -0.39 is 0 Å². The minimum Gasteiger partial charge on any atom is -0.314 e. The van der Waals surface area contributed by atoms with Crippen LogP contribution in [0.15, 0.2) is 0 Å². The van der Waals surface area contributed by atoms with E-state index in [-0.39, 0.29) is 0 Å². The fourth-order valence-electron chi connectivity index (χ4n) is 2.44. The van der Waals surface area contributed by atoms with Crippen LogP contribution in [0.5, 0.6) is 0 Å². The first kappa shape index (κ1) is 11.4. The van der Waals surface area contributed by atoms with Gasteiger partial charge in [0, 0.05) is 18.6 Å². The molecule has 0 bridgehead atoms. The molecule has 0 aromatic rings. The van der Waals surface area contributed by atoms with Crippen LogP contribution >= 0.6 is 0 Å². The summed E-state index contributed by atoms with van der Waals surface area (Å²) in [5.41, 5.74) is 0. The number of likely N-dealkylation sites (tertiary alicyclic amines) is 1. The van der Waals surface area contributed by atoms with E-state index >= 15 is 0 Å². The molecule has 0 amide bonds. The van der Waals surface area contributed by atoms with Gasteiger partial charge in [-0.05, 0) is 51.1 Å². The van der Waals surface area contributed by atoms with Gasteiger partial charge in [-0.15, -0.1) is 0 Å². The molecule has 1 aliphatic heterocycles. The normalized spacial score (nSPS) is 30.0. The molecule has 1 saturated heterocycles. The Morgan fingerprint density at radius 3 is 2.53 bits per heavy atom. The summed E-state index contributed by atoms with van der Waals surface area (Å²) < 4.78 is 0. The summed E-state index contributed by atoms with van der Waals surface area (Å²) in [7, 11) is 0. The van der Waals surface area contributed by atoms with Gasteiger partial charge < -0.3 is 10.2 Å². The predicted molar refractivity (Wildman–Crippen MR) is 65.0 cm³/mol. The van der Waals surface area contributed by atoms with Crippen molar-refractivity contribution in [2.24, 2.45) is 11.8 Å². The molecule has 2 unspecified atom stereocenters. The van der Waals surface area contributed by atoms with Crippen LogP contribution in [0.25, 0.3) is 0 Å². The average molecular weight is 210 g/mol. The van der Waals surface area contributed by atoms with Crippen molar-refractivity contribution in [2.75, 3.05) is 19.6 Å². The van der Waals surface area contributed by atoms with Gasteiger partial charge in [-0.3, -0.25) is 0 Å². The molecule has 2 heteroatoms. The lowest BCUT2D eigenvalue weighted by atomic mass is 10.1. The average Bonchev–Trinajstić information content (AvgIpc) is 2.92. The van der Waals surface area contributed by atoms with Crippen LogP contribution in [0.2, 0.25) is 0 Å². The third-order valence-electron chi connectivity index (χ3n) is 4.13. The summed E-state index contributed by atoms with van der Waals surface area (Å²) >= 11 is 0. The summed E-state index contributed by atoms with van der Waals surface area (Å²) in [6, 6.07) is 1.64.